The lowest BCUT2D eigenvalue weighted by Crippen LogP contribution is -3.11. The van der Waals surface area contributed by atoms with Gasteiger partial charge in [-0.05, 0) is 31.2 Å². The van der Waals surface area contributed by atoms with Gasteiger partial charge in [-0.1, -0.05) is 26.0 Å². The first-order chi connectivity index (χ1) is 10.8. The molecule has 6 heteroatoms. The number of nitrogens with one attached hydrogen (secondary N) is 3. The summed E-state index contributed by atoms with van der Waals surface area (Å²) in [6.45, 7) is 6.67. The maximum Gasteiger partial charge on any atom is 0.279 e. The van der Waals surface area contributed by atoms with Crippen LogP contribution in [0.25, 0.3) is 0 Å². The highest BCUT2D eigenvalue weighted by Gasteiger charge is 2.17. The van der Waals surface area contributed by atoms with Crippen LogP contribution in [0.1, 0.15) is 20.8 Å². The third kappa shape index (κ3) is 7.05. The van der Waals surface area contributed by atoms with Gasteiger partial charge in [-0.15, -0.1) is 11.8 Å². The predicted octanol–water partition coefficient (Wildman–Crippen LogP) is 1.02. The van der Waals surface area contributed by atoms with Crippen LogP contribution in [0.15, 0.2) is 29.2 Å². The van der Waals surface area contributed by atoms with Crippen molar-refractivity contribution < 1.29 is 14.5 Å². The fourth-order valence-electron chi connectivity index (χ4n) is 2.02. The van der Waals surface area contributed by atoms with E-state index in [9.17, 15) is 9.59 Å². The molecular formula is C17H28N3O2S+. The van der Waals surface area contributed by atoms with Crippen molar-refractivity contribution in [1.82, 2.24) is 5.32 Å². The minimum atomic E-state index is -0.0892. The van der Waals surface area contributed by atoms with Gasteiger partial charge in [0, 0.05) is 10.9 Å². The van der Waals surface area contributed by atoms with Crippen LogP contribution >= 0.6 is 11.8 Å². The molecule has 2 amide bonds. The minimum Gasteiger partial charge on any atom is -0.348 e. The quantitative estimate of drug-likeness (QED) is 0.620. The topological polar surface area (TPSA) is 62.6 Å². The Morgan fingerprint density at radius 1 is 1.13 bits per heavy atom. The Hall–Kier alpha value is -1.53. The predicted molar refractivity (Wildman–Crippen MR) is 95.9 cm³/mol. The molecule has 0 saturated heterocycles. The fraction of sp³-hybridized carbons (Fsp3) is 0.529. The zero-order valence-electron chi connectivity index (χ0n) is 14.6. The third-order valence-corrected chi connectivity index (χ3v) is 4.49. The number of carbonyl (C=O) groups excluding carboxylic acids is 2. The van der Waals surface area contributed by atoms with E-state index in [1.807, 2.05) is 44.5 Å². The Kier molecular flexibility index (Phi) is 8.12. The highest BCUT2D eigenvalue weighted by molar-refractivity contribution is 7.98. The number of quaternary nitrogens is 1. The van der Waals surface area contributed by atoms with Gasteiger partial charge in [-0.25, -0.2) is 0 Å². The summed E-state index contributed by atoms with van der Waals surface area (Å²) in [5.41, 5.74) is 0.815. The highest BCUT2D eigenvalue weighted by Crippen LogP contribution is 2.24. The molecule has 0 bridgehead atoms. The zero-order valence-corrected chi connectivity index (χ0v) is 15.4. The average molecular weight is 338 g/mol. The Morgan fingerprint density at radius 2 is 1.74 bits per heavy atom. The Bertz CT molecular complexity index is 534. The number of carbonyl (C=O) groups is 2. The first kappa shape index (κ1) is 19.5. The van der Waals surface area contributed by atoms with Gasteiger partial charge in [-0.2, -0.15) is 0 Å². The van der Waals surface area contributed by atoms with Crippen LogP contribution in [0.2, 0.25) is 0 Å². The zero-order chi connectivity index (χ0) is 17.4. The number of thioether (sulfide) groups is 1. The van der Waals surface area contributed by atoms with E-state index in [2.05, 4.69) is 24.5 Å². The summed E-state index contributed by atoms with van der Waals surface area (Å²) in [7, 11) is 1.85. The van der Waals surface area contributed by atoms with Gasteiger partial charge < -0.3 is 15.5 Å². The summed E-state index contributed by atoms with van der Waals surface area (Å²) in [6, 6.07) is 7.83. The van der Waals surface area contributed by atoms with Crippen LogP contribution in [0, 0.1) is 5.92 Å². The monoisotopic (exact) mass is 338 g/mol. The molecule has 1 rings (SSSR count). The number of para-hydroxylation sites is 1. The number of benzene rings is 1. The molecule has 0 aromatic heterocycles. The lowest BCUT2D eigenvalue weighted by Gasteiger charge is -2.19. The van der Waals surface area contributed by atoms with E-state index < -0.39 is 0 Å². The van der Waals surface area contributed by atoms with Crippen molar-refractivity contribution in [2.45, 2.75) is 31.7 Å². The van der Waals surface area contributed by atoms with E-state index in [1.54, 1.807) is 11.8 Å². The number of amides is 2. The summed E-state index contributed by atoms with van der Waals surface area (Å²) in [5, 5.41) is 5.87. The third-order valence-electron chi connectivity index (χ3n) is 3.69. The number of likely N-dealkylation sites (N-methyl/N-ethyl adjacent to an activating group) is 1. The van der Waals surface area contributed by atoms with Gasteiger partial charge in [0.2, 0.25) is 0 Å². The van der Waals surface area contributed by atoms with Crippen molar-refractivity contribution in [2.75, 3.05) is 31.7 Å². The van der Waals surface area contributed by atoms with Crippen molar-refractivity contribution in [2.24, 2.45) is 5.92 Å². The van der Waals surface area contributed by atoms with Crippen LogP contribution in [-0.4, -0.2) is 44.2 Å². The minimum absolute atomic E-state index is 0.0268. The van der Waals surface area contributed by atoms with Gasteiger partial charge in [0.25, 0.3) is 11.8 Å². The molecule has 0 aliphatic rings. The van der Waals surface area contributed by atoms with E-state index in [4.69, 9.17) is 0 Å². The molecule has 0 saturated carbocycles. The van der Waals surface area contributed by atoms with Gasteiger partial charge in [0.15, 0.2) is 13.1 Å². The van der Waals surface area contributed by atoms with E-state index in [0.717, 1.165) is 15.5 Å². The molecule has 5 nitrogen and oxygen atoms in total. The van der Waals surface area contributed by atoms with E-state index in [1.165, 1.54) is 0 Å². The maximum atomic E-state index is 12.1. The molecule has 0 fully saturated rings. The smallest absolute Gasteiger partial charge is 0.279 e. The number of hydrogen-bond donors (Lipinski definition) is 3. The molecule has 1 unspecified atom stereocenters. The van der Waals surface area contributed by atoms with Crippen LogP contribution in [-0.2, 0) is 9.59 Å². The number of rotatable bonds is 8. The van der Waals surface area contributed by atoms with Crippen molar-refractivity contribution >= 4 is 29.3 Å². The first-order valence-corrected chi connectivity index (χ1v) is 9.09. The van der Waals surface area contributed by atoms with Crippen LogP contribution in [0.4, 0.5) is 5.69 Å². The summed E-state index contributed by atoms with van der Waals surface area (Å²) < 4.78 is 0. The molecule has 0 spiro atoms. The van der Waals surface area contributed by atoms with Crippen molar-refractivity contribution in [1.29, 1.82) is 0 Å². The lowest BCUT2D eigenvalue weighted by molar-refractivity contribution is -0.862. The molecule has 128 valence electrons. The molecule has 0 aliphatic carbocycles. The van der Waals surface area contributed by atoms with Crippen molar-refractivity contribution in [3.63, 3.8) is 0 Å². The van der Waals surface area contributed by atoms with Gasteiger partial charge >= 0.3 is 0 Å². The average Bonchev–Trinajstić information content (AvgIpc) is 2.46. The molecule has 1 aromatic carbocycles. The second-order valence-electron chi connectivity index (χ2n) is 6.16. The lowest BCUT2D eigenvalue weighted by atomic mass is 10.1. The van der Waals surface area contributed by atoms with Crippen LogP contribution in [0.5, 0.6) is 0 Å². The molecule has 3 N–H and O–H groups in total. The van der Waals surface area contributed by atoms with Gasteiger partial charge in [0.05, 0.1) is 12.7 Å². The molecule has 1 aromatic rings. The summed E-state index contributed by atoms with van der Waals surface area (Å²) in [6.07, 6.45) is 1.97. The number of anilines is 1. The molecule has 0 heterocycles. The second kappa shape index (κ2) is 9.57. The first-order valence-electron chi connectivity index (χ1n) is 7.87. The van der Waals surface area contributed by atoms with Crippen molar-refractivity contribution in [3.8, 4) is 0 Å². The summed E-state index contributed by atoms with van der Waals surface area (Å²) >= 11 is 1.59. The van der Waals surface area contributed by atoms with Gasteiger partial charge in [0.1, 0.15) is 0 Å². The normalized spacial score (nSPS) is 13.5. The Labute approximate surface area is 143 Å². The fourth-order valence-corrected chi connectivity index (χ4v) is 2.58. The van der Waals surface area contributed by atoms with Crippen LogP contribution in [0.3, 0.4) is 0 Å². The molecular weight excluding hydrogens is 310 g/mol. The van der Waals surface area contributed by atoms with E-state index in [-0.39, 0.29) is 30.9 Å². The van der Waals surface area contributed by atoms with E-state index >= 15 is 0 Å². The van der Waals surface area contributed by atoms with E-state index in [0.29, 0.717) is 5.92 Å². The van der Waals surface area contributed by atoms with Crippen molar-refractivity contribution in [3.05, 3.63) is 24.3 Å². The second-order valence-corrected chi connectivity index (χ2v) is 7.01. The standard InChI is InChI=1S/C17H27N3O2S/c1-12(2)13(3)18-16(21)10-20(4)11-17(22)19-14-8-6-7-9-15(14)23-5/h6-9,12-13H,10-11H2,1-5H3,(H,18,21)(H,19,22)/p+1/t13-/m1/s1. The molecule has 0 aliphatic heterocycles. The largest absolute Gasteiger partial charge is 0.348 e. The molecule has 0 radical (unpaired) electrons. The maximum absolute atomic E-state index is 12.1. The number of hydrogen-bond acceptors (Lipinski definition) is 3. The highest BCUT2D eigenvalue weighted by atomic mass is 32.2. The SMILES string of the molecule is CSc1ccccc1NC(=O)C[NH+](C)CC(=O)N[C@H](C)C(C)C. The van der Waals surface area contributed by atoms with Crippen LogP contribution < -0.4 is 15.5 Å². The summed E-state index contributed by atoms with van der Waals surface area (Å²) in [5.74, 6) is 0.278. The Balaban J connectivity index is 2.46. The van der Waals surface area contributed by atoms with Gasteiger partial charge in [-0.3, -0.25) is 9.59 Å². The molecule has 2 atom stereocenters. The summed E-state index contributed by atoms with van der Waals surface area (Å²) in [4.78, 5) is 26.0. The molecule has 23 heavy (non-hydrogen) atoms. The Morgan fingerprint density at radius 3 is 2.35 bits per heavy atom.